The number of thioether (sulfide) groups is 1. The number of hydrogen-bond acceptors (Lipinski definition) is 6. The van der Waals surface area contributed by atoms with Gasteiger partial charge in [-0.15, -0.1) is 11.8 Å². The largest absolute Gasteiger partial charge is 0.497 e. The summed E-state index contributed by atoms with van der Waals surface area (Å²) in [6.07, 6.45) is 1.95. The van der Waals surface area contributed by atoms with Gasteiger partial charge in [0, 0.05) is 11.0 Å². The molecule has 8 heteroatoms. The molecule has 2 N–H and O–H groups in total. The molecule has 0 heterocycles. The predicted molar refractivity (Wildman–Crippen MR) is 117 cm³/mol. The summed E-state index contributed by atoms with van der Waals surface area (Å²) in [6, 6.07) is 12.2. The summed E-state index contributed by atoms with van der Waals surface area (Å²) in [4.78, 5) is 27.8. The number of benzene rings is 2. The second kappa shape index (κ2) is 10.7. The zero-order valence-corrected chi connectivity index (χ0v) is 18.1. The standard InChI is InChI=1S/C21H27N3O4S/c1-14(21(26)23-17-12-15(27-3)10-11-18(17)28-4)24(2)13-20(25)22-16-8-6-7-9-19(16)29-5/h6-12,14H,13H2,1-5H3,(H,22,25)(H,23,26). The maximum absolute atomic E-state index is 12.7. The van der Waals surface area contributed by atoms with Crippen LogP contribution in [0.1, 0.15) is 6.92 Å². The van der Waals surface area contributed by atoms with E-state index in [-0.39, 0.29) is 18.4 Å². The van der Waals surface area contributed by atoms with Crippen LogP contribution in [0.25, 0.3) is 0 Å². The number of hydrogen-bond donors (Lipinski definition) is 2. The lowest BCUT2D eigenvalue weighted by Crippen LogP contribution is -2.43. The molecule has 0 saturated carbocycles. The van der Waals surface area contributed by atoms with Gasteiger partial charge in [-0.2, -0.15) is 0 Å². The maximum atomic E-state index is 12.7. The van der Waals surface area contributed by atoms with E-state index >= 15 is 0 Å². The Morgan fingerprint density at radius 1 is 1.07 bits per heavy atom. The average Bonchev–Trinajstić information content (AvgIpc) is 2.73. The van der Waals surface area contributed by atoms with E-state index in [2.05, 4.69) is 10.6 Å². The Bertz CT molecular complexity index is 860. The first kappa shape index (κ1) is 22.6. The molecule has 0 aromatic heterocycles. The van der Waals surface area contributed by atoms with Crippen LogP contribution >= 0.6 is 11.8 Å². The van der Waals surface area contributed by atoms with Crippen molar-refractivity contribution in [3.05, 3.63) is 42.5 Å². The molecule has 0 saturated heterocycles. The lowest BCUT2D eigenvalue weighted by molar-refractivity contribution is -0.122. The number of nitrogens with zero attached hydrogens (tertiary/aromatic N) is 1. The van der Waals surface area contributed by atoms with Crippen LogP contribution in [0.5, 0.6) is 11.5 Å². The summed E-state index contributed by atoms with van der Waals surface area (Å²) < 4.78 is 10.5. The van der Waals surface area contributed by atoms with Crippen molar-refractivity contribution in [2.24, 2.45) is 0 Å². The van der Waals surface area contributed by atoms with Crippen molar-refractivity contribution in [2.45, 2.75) is 17.9 Å². The number of methoxy groups -OCH3 is 2. The van der Waals surface area contributed by atoms with Gasteiger partial charge in [0.15, 0.2) is 0 Å². The second-order valence-electron chi connectivity index (χ2n) is 6.40. The molecule has 1 atom stereocenters. The average molecular weight is 418 g/mol. The number of para-hydroxylation sites is 1. The molecule has 0 radical (unpaired) electrons. The highest BCUT2D eigenvalue weighted by Gasteiger charge is 2.22. The molecule has 2 aromatic rings. The zero-order chi connectivity index (χ0) is 21.4. The van der Waals surface area contributed by atoms with Crippen molar-refractivity contribution in [2.75, 3.05) is 44.7 Å². The summed E-state index contributed by atoms with van der Waals surface area (Å²) in [6.45, 7) is 1.82. The molecule has 2 rings (SSSR count). The minimum absolute atomic E-state index is 0.0759. The minimum atomic E-state index is -0.535. The maximum Gasteiger partial charge on any atom is 0.241 e. The predicted octanol–water partition coefficient (Wildman–Crippen LogP) is 3.32. The van der Waals surface area contributed by atoms with Crippen molar-refractivity contribution >= 4 is 35.0 Å². The number of amides is 2. The Labute approximate surface area is 175 Å². The van der Waals surface area contributed by atoms with Crippen LogP contribution < -0.4 is 20.1 Å². The lowest BCUT2D eigenvalue weighted by atomic mass is 10.2. The smallest absolute Gasteiger partial charge is 0.241 e. The van der Waals surface area contributed by atoms with Gasteiger partial charge in [-0.1, -0.05) is 12.1 Å². The Morgan fingerprint density at radius 2 is 1.79 bits per heavy atom. The van der Waals surface area contributed by atoms with Crippen LogP contribution in [-0.2, 0) is 9.59 Å². The topological polar surface area (TPSA) is 79.9 Å². The molecule has 156 valence electrons. The normalized spacial score (nSPS) is 11.7. The van der Waals surface area contributed by atoms with Crippen molar-refractivity contribution in [3.63, 3.8) is 0 Å². The zero-order valence-electron chi connectivity index (χ0n) is 17.3. The van der Waals surface area contributed by atoms with Crippen LogP contribution in [0.15, 0.2) is 47.4 Å². The van der Waals surface area contributed by atoms with Crippen LogP contribution in [0.4, 0.5) is 11.4 Å². The lowest BCUT2D eigenvalue weighted by Gasteiger charge is -2.24. The first-order valence-electron chi connectivity index (χ1n) is 9.05. The van der Waals surface area contributed by atoms with Crippen molar-refractivity contribution < 1.29 is 19.1 Å². The molecule has 2 amide bonds. The number of anilines is 2. The SMILES string of the molecule is COc1ccc(OC)c(NC(=O)C(C)N(C)CC(=O)Nc2ccccc2SC)c1. The Balaban J connectivity index is 1.99. The Morgan fingerprint density at radius 3 is 2.45 bits per heavy atom. The molecule has 0 bridgehead atoms. The Hall–Kier alpha value is -2.71. The third-order valence-electron chi connectivity index (χ3n) is 4.48. The van der Waals surface area contributed by atoms with Gasteiger partial charge < -0.3 is 20.1 Å². The van der Waals surface area contributed by atoms with Crippen LogP contribution in [0.3, 0.4) is 0 Å². The van der Waals surface area contributed by atoms with E-state index in [1.165, 1.54) is 7.11 Å². The van der Waals surface area contributed by atoms with E-state index in [1.54, 1.807) is 55.9 Å². The molecule has 29 heavy (non-hydrogen) atoms. The van der Waals surface area contributed by atoms with Gasteiger partial charge in [0.2, 0.25) is 11.8 Å². The van der Waals surface area contributed by atoms with Crippen LogP contribution in [0, 0.1) is 0 Å². The van der Waals surface area contributed by atoms with Gasteiger partial charge in [-0.05, 0) is 44.5 Å². The fraction of sp³-hybridized carbons (Fsp3) is 0.333. The van der Waals surface area contributed by atoms with Gasteiger partial charge in [0.05, 0.1) is 38.2 Å². The van der Waals surface area contributed by atoms with Crippen molar-refractivity contribution in [3.8, 4) is 11.5 Å². The monoisotopic (exact) mass is 417 g/mol. The van der Waals surface area contributed by atoms with Crippen LogP contribution in [-0.4, -0.2) is 56.8 Å². The fourth-order valence-electron chi connectivity index (χ4n) is 2.65. The number of rotatable bonds is 9. The molecule has 7 nitrogen and oxygen atoms in total. The van der Waals surface area contributed by atoms with Gasteiger partial charge in [0.25, 0.3) is 0 Å². The first-order valence-corrected chi connectivity index (χ1v) is 10.3. The number of nitrogens with one attached hydrogen (secondary N) is 2. The molecule has 0 aliphatic rings. The van der Waals surface area contributed by atoms with Gasteiger partial charge in [0.1, 0.15) is 11.5 Å². The number of ether oxygens (including phenoxy) is 2. The number of carbonyl (C=O) groups excluding carboxylic acids is 2. The highest BCUT2D eigenvalue weighted by molar-refractivity contribution is 7.98. The van der Waals surface area contributed by atoms with Gasteiger partial charge >= 0.3 is 0 Å². The van der Waals surface area contributed by atoms with E-state index in [0.717, 1.165) is 10.6 Å². The molecular formula is C21H27N3O4S. The van der Waals surface area contributed by atoms with Crippen LogP contribution in [0.2, 0.25) is 0 Å². The van der Waals surface area contributed by atoms with E-state index in [9.17, 15) is 9.59 Å². The van der Waals surface area contributed by atoms with E-state index in [4.69, 9.17) is 9.47 Å². The molecule has 2 aromatic carbocycles. The van der Waals surface area contributed by atoms with Crippen molar-refractivity contribution in [1.82, 2.24) is 4.90 Å². The third kappa shape index (κ3) is 6.13. The summed E-state index contributed by atoms with van der Waals surface area (Å²) in [5, 5.41) is 5.74. The summed E-state index contributed by atoms with van der Waals surface area (Å²) in [5.74, 6) is 0.693. The highest BCUT2D eigenvalue weighted by Crippen LogP contribution is 2.29. The molecule has 0 aliphatic heterocycles. The first-order chi connectivity index (χ1) is 13.9. The number of likely N-dealkylation sites (N-methyl/N-ethyl adjacent to an activating group) is 1. The highest BCUT2D eigenvalue weighted by atomic mass is 32.2. The fourth-order valence-corrected chi connectivity index (χ4v) is 3.20. The molecule has 0 aliphatic carbocycles. The van der Waals surface area contributed by atoms with E-state index in [1.807, 2.05) is 30.5 Å². The molecular weight excluding hydrogens is 390 g/mol. The second-order valence-corrected chi connectivity index (χ2v) is 7.24. The summed E-state index contributed by atoms with van der Waals surface area (Å²) in [5.41, 5.74) is 1.27. The Kier molecular flexibility index (Phi) is 8.35. The molecule has 1 unspecified atom stereocenters. The third-order valence-corrected chi connectivity index (χ3v) is 5.28. The molecule has 0 spiro atoms. The number of carbonyl (C=O) groups is 2. The quantitative estimate of drug-likeness (QED) is 0.610. The molecule has 0 fully saturated rings. The van der Waals surface area contributed by atoms with Gasteiger partial charge in [-0.25, -0.2) is 0 Å². The summed E-state index contributed by atoms with van der Waals surface area (Å²) in [7, 11) is 4.81. The van der Waals surface area contributed by atoms with Crippen molar-refractivity contribution in [1.29, 1.82) is 0 Å². The van der Waals surface area contributed by atoms with Gasteiger partial charge in [-0.3, -0.25) is 14.5 Å². The summed E-state index contributed by atoms with van der Waals surface area (Å²) >= 11 is 1.56. The van der Waals surface area contributed by atoms with E-state index in [0.29, 0.717) is 17.2 Å². The minimum Gasteiger partial charge on any atom is -0.497 e. The van der Waals surface area contributed by atoms with E-state index < -0.39 is 6.04 Å².